The van der Waals surface area contributed by atoms with E-state index in [9.17, 15) is 13.2 Å². The molecule has 1 atom stereocenters. The van der Waals surface area contributed by atoms with Crippen LogP contribution in [-0.4, -0.2) is 36.9 Å². The number of sulfonamides is 1. The van der Waals surface area contributed by atoms with Gasteiger partial charge in [-0.25, -0.2) is 13.2 Å². The van der Waals surface area contributed by atoms with Gasteiger partial charge in [0.1, 0.15) is 0 Å². The van der Waals surface area contributed by atoms with Gasteiger partial charge in [0.05, 0.1) is 4.90 Å². The fourth-order valence-electron chi connectivity index (χ4n) is 2.42. The number of rotatable bonds is 4. The van der Waals surface area contributed by atoms with Crippen molar-refractivity contribution in [1.29, 1.82) is 0 Å². The lowest BCUT2D eigenvalue weighted by Crippen LogP contribution is -2.29. The fourth-order valence-corrected chi connectivity index (χ4v) is 4.25. The van der Waals surface area contributed by atoms with Crippen molar-refractivity contribution in [2.75, 3.05) is 13.1 Å². The van der Waals surface area contributed by atoms with Gasteiger partial charge < -0.3 is 5.11 Å². The molecule has 0 bridgehead atoms. The van der Waals surface area contributed by atoms with Crippen LogP contribution >= 0.6 is 0 Å². The van der Waals surface area contributed by atoms with Gasteiger partial charge in [-0.2, -0.15) is 4.31 Å². The molecule has 6 heteroatoms. The molecule has 21 heavy (non-hydrogen) atoms. The minimum atomic E-state index is -3.51. The van der Waals surface area contributed by atoms with Crippen LogP contribution in [0.15, 0.2) is 29.2 Å². The second-order valence-corrected chi connectivity index (χ2v) is 7.36. The first-order chi connectivity index (χ1) is 9.80. The number of carboxylic acid groups (broad SMARTS) is 1. The van der Waals surface area contributed by atoms with E-state index in [0.29, 0.717) is 30.1 Å². The molecule has 114 valence electrons. The number of aryl methyl sites for hydroxylation is 1. The molecule has 1 fully saturated rings. The Balaban J connectivity index is 2.38. The van der Waals surface area contributed by atoms with Gasteiger partial charge in [0.25, 0.3) is 0 Å². The minimum Gasteiger partial charge on any atom is -0.478 e. The van der Waals surface area contributed by atoms with Gasteiger partial charge in [-0.05, 0) is 42.5 Å². The highest BCUT2D eigenvalue weighted by atomic mass is 32.2. The van der Waals surface area contributed by atoms with Gasteiger partial charge in [0.2, 0.25) is 10.0 Å². The molecule has 0 radical (unpaired) electrons. The fraction of sp³-hybridized carbons (Fsp3) is 0.400. The Morgan fingerprint density at radius 3 is 2.71 bits per heavy atom. The Labute approximate surface area is 124 Å². The number of aliphatic carboxylic acids is 1. The highest BCUT2D eigenvalue weighted by Gasteiger charge is 2.31. The lowest BCUT2D eigenvalue weighted by molar-refractivity contribution is -0.131. The maximum atomic E-state index is 12.7. The average Bonchev–Trinajstić information content (AvgIpc) is 2.85. The van der Waals surface area contributed by atoms with Crippen molar-refractivity contribution in [3.05, 3.63) is 35.4 Å². The number of hydrogen-bond acceptors (Lipinski definition) is 3. The van der Waals surface area contributed by atoms with Crippen molar-refractivity contribution in [3.8, 4) is 0 Å². The summed E-state index contributed by atoms with van der Waals surface area (Å²) in [5.41, 5.74) is 1.23. The first-order valence-electron chi connectivity index (χ1n) is 6.82. The Morgan fingerprint density at radius 1 is 1.43 bits per heavy atom. The number of hydrogen-bond donors (Lipinski definition) is 1. The van der Waals surface area contributed by atoms with E-state index in [2.05, 4.69) is 0 Å². The highest BCUT2D eigenvalue weighted by Crippen LogP contribution is 2.27. The van der Waals surface area contributed by atoms with Gasteiger partial charge in [-0.15, -0.1) is 0 Å². The van der Waals surface area contributed by atoms with Crippen LogP contribution in [0.4, 0.5) is 0 Å². The van der Waals surface area contributed by atoms with Crippen LogP contribution in [0.25, 0.3) is 6.08 Å². The predicted molar refractivity (Wildman–Crippen MR) is 80.4 cm³/mol. The monoisotopic (exact) mass is 309 g/mol. The molecule has 1 N–H and O–H groups in total. The topological polar surface area (TPSA) is 74.7 Å². The summed E-state index contributed by atoms with van der Waals surface area (Å²) in [5, 5.41) is 8.65. The molecule has 1 aliphatic heterocycles. The molecule has 0 amide bonds. The summed E-state index contributed by atoms with van der Waals surface area (Å²) in [6.07, 6.45) is 3.27. The maximum absolute atomic E-state index is 12.7. The van der Waals surface area contributed by atoms with Crippen molar-refractivity contribution >= 4 is 22.1 Å². The average molecular weight is 309 g/mol. The van der Waals surface area contributed by atoms with E-state index in [1.54, 1.807) is 19.1 Å². The van der Waals surface area contributed by atoms with Gasteiger partial charge >= 0.3 is 5.97 Å². The third-order valence-electron chi connectivity index (χ3n) is 3.63. The smallest absolute Gasteiger partial charge is 0.328 e. The van der Waals surface area contributed by atoms with E-state index in [1.807, 2.05) is 6.92 Å². The Morgan fingerprint density at radius 2 is 2.14 bits per heavy atom. The molecule has 1 aromatic carbocycles. The molecule has 1 unspecified atom stereocenters. The van der Waals surface area contributed by atoms with Crippen molar-refractivity contribution in [3.63, 3.8) is 0 Å². The quantitative estimate of drug-likeness (QED) is 0.865. The Kier molecular flexibility index (Phi) is 4.49. The van der Waals surface area contributed by atoms with Crippen LogP contribution in [0.3, 0.4) is 0 Å². The lowest BCUT2D eigenvalue weighted by Gasteiger charge is -2.18. The Bertz CT molecular complexity index is 679. The Hall–Kier alpha value is -1.66. The zero-order chi connectivity index (χ0) is 15.6. The van der Waals surface area contributed by atoms with Gasteiger partial charge in [0.15, 0.2) is 0 Å². The van der Waals surface area contributed by atoms with E-state index < -0.39 is 16.0 Å². The zero-order valence-corrected chi connectivity index (χ0v) is 12.9. The molecule has 0 aromatic heterocycles. The van der Waals surface area contributed by atoms with Crippen molar-refractivity contribution in [1.82, 2.24) is 4.31 Å². The SMILES string of the molecule is Cc1ccc(C=CC(=O)O)cc1S(=O)(=O)N1CCC(C)C1. The summed E-state index contributed by atoms with van der Waals surface area (Å²) in [5.74, 6) is -0.691. The molecule has 0 aliphatic carbocycles. The second-order valence-electron chi connectivity index (χ2n) is 5.45. The largest absolute Gasteiger partial charge is 0.478 e. The van der Waals surface area contributed by atoms with Crippen LogP contribution in [0, 0.1) is 12.8 Å². The minimum absolute atomic E-state index is 0.254. The second kappa shape index (κ2) is 5.99. The summed E-state index contributed by atoms with van der Waals surface area (Å²) in [6, 6.07) is 4.95. The summed E-state index contributed by atoms with van der Waals surface area (Å²) >= 11 is 0. The van der Waals surface area contributed by atoms with Gasteiger partial charge in [-0.1, -0.05) is 19.1 Å². The third-order valence-corrected chi connectivity index (χ3v) is 5.64. The van der Waals surface area contributed by atoms with Crippen molar-refractivity contribution < 1.29 is 18.3 Å². The molecule has 1 heterocycles. The number of benzene rings is 1. The van der Waals surface area contributed by atoms with E-state index >= 15 is 0 Å². The van der Waals surface area contributed by atoms with Crippen LogP contribution in [-0.2, 0) is 14.8 Å². The molecule has 1 saturated heterocycles. The van der Waals surface area contributed by atoms with Crippen molar-refractivity contribution in [2.45, 2.75) is 25.2 Å². The number of carbonyl (C=O) groups is 1. The lowest BCUT2D eigenvalue weighted by atomic mass is 10.1. The molecule has 0 spiro atoms. The predicted octanol–water partition coefficient (Wildman–Crippen LogP) is 2.12. The normalized spacial score (nSPS) is 20.2. The molecule has 2 rings (SSSR count). The molecular formula is C15H19NO4S. The van der Waals surface area contributed by atoms with E-state index in [0.717, 1.165) is 12.5 Å². The molecule has 1 aromatic rings. The van der Waals surface area contributed by atoms with E-state index in [1.165, 1.54) is 16.4 Å². The number of nitrogens with zero attached hydrogens (tertiary/aromatic N) is 1. The summed E-state index contributed by atoms with van der Waals surface area (Å²) in [6.45, 7) is 4.86. The molecule has 0 saturated carbocycles. The zero-order valence-electron chi connectivity index (χ0n) is 12.1. The summed E-state index contributed by atoms with van der Waals surface area (Å²) in [4.78, 5) is 10.8. The van der Waals surface area contributed by atoms with Crippen LogP contribution < -0.4 is 0 Å². The third kappa shape index (κ3) is 3.51. The van der Waals surface area contributed by atoms with Crippen LogP contribution in [0.1, 0.15) is 24.5 Å². The molecule has 1 aliphatic rings. The van der Waals surface area contributed by atoms with Crippen LogP contribution in [0.5, 0.6) is 0 Å². The first kappa shape index (κ1) is 15.7. The van der Waals surface area contributed by atoms with E-state index in [-0.39, 0.29) is 4.90 Å². The maximum Gasteiger partial charge on any atom is 0.328 e. The standard InChI is InChI=1S/C15H19NO4S/c1-11-7-8-16(10-11)21(19,20)14-9-13(4-3-12(14)2)5-6-15(17)18/h3-6,9,11H,7-8,10H2,1-2H3,(H,17,18). The molecular weight excluding hydrogens is 290 g/mol. The first-order valence-corrected chi connectivity index (χ1v) is 8.26. The van der Waals surface area contributed by atoms with E-state index in [4.69, 9.17) is 5.11 Å². The number of carboxylic acids is 1. The van der Waals surface area contributed by atoms with Crippen LogP contribution in [0.2, 0.25) is 0 Å². The van der Waals surface area contributed by atoms with Gasteiger partial charge in [-0.3, -0.25) is 0 Å². The highest BCUT2D eigenvalue weighted by molar-refractivity contribution is 7.89. The molecule has 5 nitrogen and oxygen atoms in total. The van der Waals surface area contributed by atoms with Gasteiger partial charge in [0, 0.05) is 19.2 Å². The summed E-state index contributed by atoms with van der Waals surface area (Å²) < 4.78 is 26.9. The van der Waals surface area contributed by atoms with Crippen molar-refractivity contribution in [2.24, 2.45) is 5.92 Å². The summed E-state index contributed by atoms with van der Waals surface area (Å²) in [7, 11) is -3.51.